The average Bonchev–Trinajstić information content (AvgIpc) is 2.78. The van der Waals surface area contributed by atoms with Gasteiger partial charge in [0.1, 0.15) is 5.52 Å². The van der Waals surface area contributed by atoms with Crippen LogP contribution in [0.15, 0.2) is 24.5 Å². The van der Waals surface area contributed by atoms with Gasteiger partial charge in [-0.2, -0.15) is 0 Å². The molecule has 0 spiro atoms. The second-order valence-corrected chi connectivity index (χ2v) is 5.70. The molecule has 0 aliphatic carbocycles. The number of hydrogen-bond acceptors (Lipinski definition) is 3. The van der Waals surface area contributed by atoms with Gasteiger partial charge in [0.25, 0.3) is 0 Å². The topological polar surface area (TPSA) is 58.4 Å². The number of hydrogen-bond donors (Lipinski definition) is 1. The maximum atomic E-state index is 11.2. The van der Waals surface area contributed by atoms with Gasteiger partial charge in [-0.05, 0) is 32.1 Å². The summed E-state index contributed by atoms with van der Waals surface area (Å²) in [6.07, 6.45) is 1.76. The molecule has 2 rings (SSSR count). The zero-order chi connectivity index (χ0) is 14.9. The number of benzene rings is 1. The summed E-state index contributed by atoms with van der Waals surface area (Å²) < 4.78 is 2.09. The predicted molar refractivity (Wildman–Crippen MR) is 79.1 cm³/mol. The molecule has 1 unspecified atom stereocenters. The Bertz CT molecular complexity index is 617. The van der Waals surface area contributed by atoms with Crippen LogP contribution in [0, 0.1) is 5.92 Å². The van der Waals surface area contributed by atoms with E-state index in [1.165, 1.54) is 0 Å². The zero-order valence-electron chi connectivity index (χ0n) is 12.4. The lowest BCUT2D eigenvalue weighted by Crippen LogP contribution is -2.27. The van der Waals surface area contributed by atoms with E-state index in [0.29, 0.717) is 11.4 Å². The molecule has 0 saturated carbocycles. The van der Waals surface area contributed by atoms with E-state index in [1.807, 2.05) is 20.2 Å². The number of aromatic carboxylic acids is 1. The third kappa shape index (κ3) is 2.67. The number of carboxylic acid groups (broad SMARTS) is 1. The molecule has 1 aromatic carbocycles. The van der Waals surface area contributed by atoms with E-state index in [0.717, 1.165) is 12.1 Å². The van der Waals surface area contributed by atoms with E-state index in [-0.39, 0.29) is 11.6 Å². The number of rotatable bonds is 5. The third-order valence-electron chi connectivity index (χ3n) is 3.51. The van der Waals surface area contributed by atoms with Crippen LogP contribution in [0.5, 0.6) is 0 Å². The number of nitrogens with zero attached hydrogens (tertiary/aromatic N) is 3. The Balaban J connectivity index is 2.54. The highest BCUT2D eigenvalue weighted by atomic mass is 16.4. The molecular formula is C15H21N3O2. The summed E-state index contributed by atoms with van der Waals surface area (Å²) in [6, 6.07) is 5.56. The molecule has 0 radical (unpaired) electrons. The van der Waals surface area contributed by atoms with Gasteiger partial charge in [-0.1, -0.05) is 19.9 Å². The summed E-state index contributed by atoms with van der Waals surface area (Å²) >= 11 is 0. The Morgan fingerprint density at radius 3 is 2.65 bits per heavy atom. The standard InChI is InChI=1S/C15H21N3O2/c1-10(2)13(8-17(3)4)18-9-16-14-11(15(19)20)6-5-7-12(14)18/h5-7,9-10,13H,8H2,1-4H3,(H,19,20). The summed E-state index contributed by atoms with van der Waals surface area (Å²) in [4.78, 5) is 17.7. The molecule has 0 aliphatic rings. The molecular weight excluding hydrogens is 254 g/mol. The second-order valence-electron chi connectivity index (χ2n) is 5.70. The highest BCUT2D eigenvalue weighted by molar-refractivity contribution is 6.00. The molecule has 0 aliphatic heterocycles. The van der Waals surface area contributed by atoms with Crippen LogP contribution in [0.1, 0.15) is 30.2 Å². The van der Waals surface area contributed by atoms with Gasteiger partial charge in [0, 0.05) is 6.54 Å². The van der Waals surface area contributed by atoms with E-state index in [2.05, 4.69) is 28.3 Å². The summed E-state index contributed by atoms with van der Waals surface area (Å²) in [6.45, 7) is 5.22. The number of carbonyl (C=O) groups is 1. The van der Waals surface area contributed by atoms with E-state index >= 15 is 0 Å². The van der Waals surface area contributed by atoms with Crippen LogP contribution in [-0.2, 0) is 0 Å². The molecule has 5 heteroatoms. The monoisotopic (exact) mass is 275 g/mol. The molecule has 0 fully saturated rings. The van der Waals surface area contributed by atoms with Gasteiger partial charge < -0.3 is 14.6 Å². The van der Waals surface area contributed by atoms with Crippen molar-refractivity contribution in [3.05, 3.63) is 30.1 Å². The highest BCUT2D eigenvalue weighted by Gasteiger charge is 2.20. The lowest BCUT2D eigenvalue weighted by molar-refractivity contribution is 0.0699. The SMILES string of the molecule is CC(C)C(CN(C)C)n1cnc2c(C(=O)O)cccc21. The molecule has 0 bridgehead atoms. The van der Waals surface area contributed by atoms with Crippen molar-refractivity contribution in [2.45, 2.75) is 19.9 Å². The Labute approximate surface area is 118 Å². The van der Waals surface area contributed by atoms with Crippen molar-refractivity contribution in [2.24, 2.45) is 5.92 Å². The van der Waals surface area contributed by atoms with Crippen molar-refractivity contribution < 1.29 is 9.90 Å². The van der Waals surface area contributed by atoms with Crippen LogP contribution >= 0.6 is 0 Å². The van der Waals surface area contributed by atoms with Gasteiger partial charge in [0.2, 0.25) is 0 Å². The van der Waals surface area contributed by atoms with E-state index in [9.17, 15) is 9.90 Å². The minimum atomic E-state index is -0.936. The fraction of sp³-hybridized carbons (Fsp3) is 0.467. The predicted octanol–water partition coefficient (Wildman–Crippen LogP) is 2.49. The molecule has 20 heavy (non-hydrogen) atoms. The van der Waals surface area contributed by atoms with E-state index < -0.39 is 5.97 Å². The van der Waals surface area contributed by atoms with Gasteiger partial charge in [-0.3, -0.25) is 0 Å². The normalized spacial score (nSPS) is 13.3. The van der Waals surface area contributed by atoms with Crippen molar-refractivity contribution in [2.75, 3.05) is 20.6 Å². The number of aromatic nitrogens is 2. The van der Waals surface area contributed by atoms with Gasteiger partial charge >= 0.3 is 5.97 Å². The van der Waals surface area contributed by atoms with Crippen LogP contribution < -0.4 is 0 Å². The van der Waals surface area contributed by atoms with E-state index in [1.54, 1.807) is 18.5 Å². The fourth-order valence-electron chi connectivity index (χ4n) is 2.49. The lowest BCUT2D eigenvalue weighted by Gasteiger charge is -2.26. The molecule has 108 valence electrons. The van der Waals surface area contributed by atoms with Gasteiger partial charge in [-0.25, -0.2) is 9.78 Å². The molecule has 0 saturated heterocycles. The number of likely N-dealkylation sites (N-methyl/N-ethyl adjacent to an activating group) is 1. The first kappa shape index (κ1) is 14.5. The Morgan fingerprint density at radius 1 is 1.40 bits per heavy atom. The van der Waals surface area contributed by atoms with Crippen molar-refractivity contribution in [3.8, 4) is 0 Å². The Kier molecular flexibility index (Phi) is 4.09. The highest BCUT2D eigenvalue weighted by Crippen LogP contribution is 2.25. The quantitative estimate of drug-likeness (QED) is 0.910. The second kappa shape index (κ2) is 5.63. The fourth-order valence-corrected chi connectivity index (χ4v) is 2.49. The van der Waals surface area contributed by atoms with Crippen molar-refractivity contribution in [1.82, 2.24) is 14.5 Å². The average molecular weight is 275 g/mol. The smallest absolute Gasteiger partial charge is 0.337 e. The van der Waals surface area contributed by atoms with E-state index in [4.69, 9.17) is 0 Å². The van der Waals surface area contributed by atoms with Gasteiger partial charge in [0.15, 0.2) is 0 Å². The Morgan fingerprint density at radius 2 is 2.10 bits per heavy atom. The van der Waals surface area contributed by atoms with Crippen LogP contribution in [0.25, 0.3) is 11.0 Å². The largest absolute Gasteiger partial charge is 0.478 e. The first-order chi connectivity index (χ1) is 9.41. The van der Waals surface area contributed by atoms with Crippen LogP contribution in [0.4, 0.5) is 0 Å². The molecule has 0 amide bonds. The first-order valence-electron chi connectivity index (χ1n) is 6.75. The maximum Gasteiger partial charge on any atom is 0.337 e. The van der Waals surface area contributed by atoms with Crippen molar-refractivity contribution in [3.63, 3.8) is 0 Å². The number of carboxylic acids is 1. The minimum absolute atomic E-state index is 0.258. The van der Waals surface area contributed by atoms with Gasteiger partial charge in [-0.15, -0.1) is 0 Å². The summed E-state index contributed by atoms with van der Waals surface area (Å²) in [5.41, 5.74) is 1.70. The summed E-state index contributed by atoms with van der Waals surface area (Å²) in [5, 5.41) is 9.23. The molecule has 1 heterocycles. The zero-order valence-corrected chi connectivity index (χ0v) is 12.4. The van der Waals surface area contributed by atoms with Crippen molar-refractivity contribution >= 4 is 17.0 Å². The van der Waals surface area contributed by atoms with Crippen molar-refractivity contribution in [1.29, 1.82) is 0 Å². The summed E-state index contributed by atoms with van der Waals surface area (Å²) in [7, 11) is 4.08. The molecule has 2 aromatic rings. The third-order valence-corrected chi connectivity index (χ3v) is 3.51. The minimum Gasteiger partial charge on any atom is -0.478 e. The van der Waals surface area contributed by atoms with Crippen LogP contribution in [0.3, 0.4) is 0 Å². The van der Waals surface area contributed by atoms with Crippen LogP contribution in [0.2, 0.25) is 0 Å². The number of imidazole rings is 1. The van der Waals surface area contributed by atoms with Gasteiger partial charge in [0.05, 0.1) is 23.4 Å². The van der Waals surface area contributed by atoms with Crippen LogP contribution in [-0.4, -0.2) is 46.2 Å². The Hall–Kier alpha value is -1.88. The first-order valence-corrected chi connectivity index (χ1v) is 6.75. The lowest BCUT2D eigenvalue weighted by atomic mass is 10.0. The number of para-hydroxylation sites is 1. The molecule has 5 nitrogen and oxygen atoms in total. The maximum absolute atomic E-state index is 11.2. The molecule has 1 atom stereocenters. The molecule has 1 N–H and O–H groups in total. The summed E-state index contributed by atoms with van der Waals surface area (Å²) in [5.74, 6) is -0.502. The molecule has 1 aromatic heterocycles. The number of fused-ring (bicyclic) bond motifs is 1.